The Labute approximate surface area is 85.0 Å². The molecule has 3 heteroatoms. The fraction of sp³-hybridized carbons (Fsp3) is 0.545. The van der Waals surface area contributed by atoms with E-state index in [1.807, 2.05) is 32.0 Å². The zero-order valence-corrected chi connectivity index (χ0v) is 8.77. The molecule has 78 valence electrons. The molecule has 0 saturated heterocycles. The number of pyridine rings is 1. The molecule has 14 heavy (non-hydrogen) atoms. The molecule has 0 aliphatic rings. The van der Waals surface area contributed by atoms with Crippen LogP contribution in [-0.4, -0.2) is 22.2 Å². The third-order valence-corrected chi connectivity index (χ3v) is 2.36. The first-order chi connectivity index (χ1) is 6.55. The van der Waals surface area contributed by atoms with Crippen LogP contribution < -0.4 is 5.73 Å². The SMILES string of the molecule is CC(C)(N)C(CCO)c1ccccn1. The van der Waals surface area contributed by atoms with Crippen molar-refractivity contribution in [2.45, 2.75) is 31.7 Å². The standard InChI is InChI=1S/C11H18N2O/c1-11(2,12)9(6-8-14)10-5-3-4-7-13-10/h3-5,7,9,14H,6,8,12H2,1-2H3. The highest BCUT2D eigenvalue weighted by molar-refractivity contribution is 5.14. The minimum atomic E-state index is -0.350. The maximum Gasteiger partial charge on any atom is 0.0453 e. The van der Waals surface area contributed by atoms with Gasteiger partial charge in [0.2, 0.25) is 0 Å². The van der Waals surface area contributed by atoms with Crippen molar-refractivity contribution in [3.8, 4) is 0 Å². The van der Waals surface area contributed by atoms with Gasteiger partial charge in [0.25, 0.3) is 0 Å². The number of nitrogens with two attached hydrogens (primary N) is 1. The van der Waals surface area contributed by atoms with Gasteiger partial charge in [0.15, 0.2) is 0 Å². The van der Waals surface area contributed by atoms with Gasteiger partial charge in [-0.15, -0.1) is 0 Å². The van der Waals surface area contributed by atoms with Crippen LogP contribution in [0.1, 0.15) is 31.9 Å². The lowest BCUT2D eigenvalue weighted by Crippen LogP contribution is -2.40. The van der Waals surface area contributed by atoms with Gasteiger partial charge in [-0.2, -0.15) is 0 Å². The summed E-state index contributed by atoms with van der Waals surface area (Å²) in [6.07, 6.45) is 2.41. The first kappa shape index (κ1) is 11.1. The van der Waals surface area contributed by atoms with E-state index >= 15 is 0 Å². The van der Waals surface area contributed by atoms with Crippen molar-refractivity contribution in [1.82, 2.24) is 4.98 Å². The lowest BCUT2D eigenvalue weighted by atomic mass is 9.83. The summed E-state index contributed by atoms with van der Waals surface area (Å²) in [6, 6.07) is 5.77. The zero-order valence-electron chi connectivity index (χ0n) is 8.77. The van der Waals surface area contributed by atoms with Gasteiger partial charge >= 0.3 is 0 Å². The second-order valence-electron chi connectivity index (χ2n) is 4.14. The van der Waals surface area contributed by atoms with E-state index < -0.39 is 0 Å². The molecule has 1 aromatic heterocycles. The van der Waals surface area contributed by atoms with Crippen LogP contribution in [0.5, 0.6) is 0 Å². The van der Waals surface area contributed by atoms with Crippen molar-refractivity contribution in [2.24, 2.45) is 5.73 Å². The Hall–Kier alpha value is -0.930. The summed E-state index contributed by atoms with van der Waals surface area (Å²) in [7, 11) is 0. The molecule has 3 nitrogen and oxygen atoms in total. The van der Waals surface area contributed by atoms with Crippen LogP contribution in [0.15, 0.2) is 24.4 Å². The molecule has 0 spiro atoms. The van der Waals surface area contributed by atoms with E-state index in [2.05, 4.69) is 4.98 Å². The van der Waals surface area contributed by atoms with Gasteiger partial charge < -0.3 is 10.8 Å². The quantitative estimate of drug-likeness (QED) is 0.759. The molecular weight excluding hydrogens is 176 g/mol. The van der Waals surface area contributed by atoms with Crippen LogP contribution in [0.2, 0.25) is 0 Å². The summed E-state index contributed by atoms with van der Waals surface area (Å²) >= 11 is 0. The Balaban J connectivity index is 2.89. The normalized spacial score (nSPS) is 14.0. The molecule has 1 heterocycles. The Morgan fingerprint density at radius 2 is 2.21 bits per heavy atom. The lowest BCUT2D eigenvalue weighted by Gasteiger charge is -2.29. The summed E-state index contributed by atoms with van der Waals surface area (Å²) < 4.78 is 0. The summed E-state index contributed by atoms with van der Waals surface area (Å²) in [5.74, 6) is 0.105. The lowest BCUT2D eigenvalue weighted by molar-refractivity contribution is 0.248. The number of hydrogen-bond acceptors (Lipinski definition) is 3. The Bertz CT molecular complexity index is 266. The average molecular weight is 194 g/mol. The van der Waals surface area contributed by atoms with Crippen molar-refractivity contribution in [1.29, 1.82) is 0 Å². The van der Waals surface area contributed by atoms with Gasteiger partial charge in [-0.1, -0.05) is 6.07 Å². The molecular formula is C11H18N2O. The molecule has 0 aliphatic heterocycles. The van der Waals surface area contributed by atoms with E-state index in [4.69, 9.17) is 10.8 Å². The minimum Gasteiger partial charge on any atom is -0.396 e. The molecule has 0 aliphatic carbocycles. The summed E-state index contributed by atoms with van der Waals surface area (Å²) in [5, 5.41) is 8.98. The van der Waals surface area contributed by atoms with Gasteiger partial charge in [0.1, 0.15) is 0 Å². The third kappa shape index (κ3) is 2.79. The van der Waals surface area contributed by atoms with Crippen LogP contribution in [0.4, 0.5) is 0 Å². The van der Waals surface area contributed by atoms with Gasteiger partial charge in [-0.05, 0) is 32.4 Å². The fourth-order valence-corrected chi connectivity index (χ4v) is 1.61. The number of rotatable bonds is 4. The largest absolute Gasteiger partial charge is 0.396 e. The van der Waals surface area contributed by atoms with Crippen LogP contribution in [0.3, 0.4) is 0 Å². The molecule has 0 fully saturated rings. The number of nitrogens with zero attached hydrogens (tertiary/aromatic N) is 1. The highest BCUT2D eigenvalue weighted by atomic mass is 16.3. The van der Waals surface area contributed by atoms with E-state index in [1.54, 1.807) is 6.20 Å². The van der Waals surface area contributed by atoms with Crippen molar-refractivity contribution in [3.63, 3.8) is 0 Å². The van der Waals surface area contributed by atoms with Crippen LogP contribution in [-0.2, 0) is 0 Å². The molecule has 0 amide bonds. The van der Waals surface area contributed by atoms with Crippen molar-refractivity contribution in [2.75, 3.05) is 6.61 Å². The average Bonchev–Trinajstić information content (AvgIpc) is 2.14. The number of aliphatic hydroxyl groups is 1. The second-order valence-corrected chi connectivity index (χ2v) is 4.14. The summed E-state index contributed by atoms with van der Waals surface area (Å²) in [6.45, 7) is 4.06. The molecule has 3 N–H and O–H groups in total. The predicted molar refractivity (Wildman–Crippen MR) is 56.9 cm³/mol. The maximum atomic E-state index is 8.98. The van der Waals surface area contributed by atoms with Gasteiger partial charge in [0, 0.05) is 30.0 Å². The number of aliphatic hydroxyl groups excluding tert-OH is 1. The van der Waals surface area contributed by atoms with E-state index in [0.29, 0.717) is 6.42 Å². The predicted octanol–water partition coefficient (Wildman–Crippen LogP) is 1.28. The first-order valence-corrected chi connectivity index (χ1v) is 4.86. The highest BCUT2D eigenvalue weighted by Crippen LogP contribution is 2.27. The first-order valence-electron chi connectivity index (χ1n) is 4.86. The second kappa shape index (κ2) is 4.53. The zero-order chi connectivity index (χ0) is 10.6. The Morgan fingerprint density at radius 1 is 1.50 bits per heavy atom. The molecule has 1 atom stereocenters. The summed E-state index contributed by atoms with van der Waals surface area (Å²) in [5.41, 5.74) is 6.65. The smallest absolute Gasteiger partial charge is 0.0453 e. The van der Waals surface area contributed by atoms with Gasteiger partial charge in [-0.3, -0.25) is 4.98 Å². The number of hydrogen-bond donors (Lipinski definition) is 2. The van der Waals surface area contributed by atoms with Crippen molar-refractivity contribution >= 4 is 0 Å². The van der Waals surface area contributed by atoms with Crippen molar-refractivity contribution < 1.29 is 5.11 Å². The fourth-order valence-electron chi connectivity index (χ4n) is 1.61. The minimum absolute atomic E-state index is 0.105. The van der Waals surface area contributed by atoms with Crippen molar-refractivity contribution in [3.05, 3.63) is 30.1 Å². The van der Waals surface area contributed by atoms with Crippen LogP contribution >= 0.6 is 0 Å². The van der Waals surface area contributed by atoms with E-state index in [0.717, 1.165) is 5.69 Å². The molecule has 0 bridgehead atoms. The molecule has 0 aromatic carbocycles. The molecule has 1 aromatic rings. The molecule has 1 rings (SSSR count). The highest BCUT2D eigenvalue weighted by Gasteiger charge is 2.26. The van der Waals surface area contributed by atoms with Crippen LogP contribution in [0, 0.1) is 0 Å². The Kier molecular flexibility index (Phi) is 3.61. The van der Waals surface area contributed by atoms with Gasteiger partial charge in [0.05, 0.1) is 0 Å². The number of aromatic nitrogens is 1. The van der Waals surface area contributed by atoms with E-state index in [-0.39, 0.29) is 18.1 Å². The topological polar surface area (TPSA) is 59.1 Å². The van der Waals surface area contributed by atoms with E-state index in [1.165, 1.54) is 0 Å². The Morgan fingerprint density at radius 3 is 2.64 bits per heavy atom. The van der Waals surface area contributed by atoms with Crippen LogP contribution in [0.25, 0.3) is 0 Å². The molecule has 1 unspecified atom stereocenters. The third-order valence-electron chi connectivity index (χ3n) is 2.36. The molecule has 0 radical (unpaired) electrons. The maximum absolute atomic E-state index is 8.98. The molecule has 0 saturated carbocycles. The van der Waals surface area contributed by atoms with E-state index in [9.17, 15) is 0 Å². The van der Waals surface area contributed by atoms with Gasteiger partial charge in [-0.25, -0.2) is 0 Å². The summed E-state index contributed by atoms with van der Waals surface area (Å²) in [4.78, 5) is 4.27. The monoisotopic (exact) mass is 194 g/mol.